The molecule has 0 aliphatic carbocycles. The fraction of sp³-hybridized carbons (Fsp3) is 0.238. The van der Waals surface area contributed by atoms with Crippen LogP contribution in [-0.4, -0.2) is 38.9 Å². The predicted molar refractivity (Wildman–Crippen MR) is 117 cm³/mol. The molecular formula is C21H24N6O3. The van der Waals surface area contributed by atoms with Crippen molar-refractivity contribution in [2.24, 2.45) is 14.1 Å². The van der Waals surface area contributed by atoms with Crippen LogP contribution < -0.4 is 21.5 Å². The van der Waals surface area contributed by atoms with E-state index in [9.17, 15) is 14.4 Å². The summed E-state index contributed by atoms with van der Waals surface area (Å²) < 4.78 is 3.96. The Morgan fingerprint density at radius 3 is 2.50 bits per heavy atom. The van der Waals surface area contributed by atoms with Gasteiger partial charge in [0.25, 0.3) is 5.56 Å². The molecule has 0 saturated carbocycles. The zero-order chi connectivity index (χ0) is 21.8. The van der Waals surface area contributed by atoms with Crippen molar-refractivity contribution in [3.8, 4) is 0 Å². The molecule has 2 aromatic heterocycles. The number of nitrogens with one attached hydrogen (secondary N) is 1. The average Bonchev–Trinajstić information content (AvgIpc) is 3.15. The molecule has 0 fully saturated rings. The quantitative estimate of drug-likeness (QED) is 0.615. The maximum Gasteiger partial charge on any atom is 0.330 e. The van der Waals surface area contributed by atoms with Crippen molar-refractivity contribution in [3.63, 3.8) is 0 Å². The van der Waals surface area contributed by atoms with Crippen molar-refractivity contribution in [2.75, 3.05) is 24.3 Å². The third-order valence-electron chi connectivity index (χ3n) is 4.64. The Labute approximate surface area is 173 Å². The molecule has 0 unspecified atom stereocenters. The predicted octanol–water partition coefficient (Wildman–Crippen LogP) is 1.05. The molecule has 3 rings (SSSR count). The SMILES string of the molecule is CN(C)c1ccc(Cn2nccc2NC(=O)/C=C/c2cn(C)c(=O)n(C)c2=O)cc1. The van der Waals surface area contributed by atoms with Crippen LogP contribution in [0.25, 0.3) is 6.08 Å². The van der Waals surface area contributed by atoms with Crippen LogP contribution in [0.5, 0.6) is 0 Å². The fourth-order valence-electron chi connectivity index (χ4n) is 2.92. The molecule has 0 aliphatic heterocycles. The number of hydrogen-bond donors (Lipinski definition) is 1. The van der Waals surface area contributed by atoms with Gasteiger partial charge in [-0.1, -0.05) is 12.1 Å². The van der Waals surface area contributed by atoms with Crippen LogP contribution in [0.3, 0.4) is 0 Å². The normalized spacial score (nSPS) is 11.1. The second-order valence-corrected chi connectivity index (χ2v) is 7.10. The minimum absolute atomic E-state index is 0.240. The summed E-state index contributed by atoms with van der Waals surface area (Å²) in [7, 11) is 6.90. The van der Waals surface area contributed by atoms with E-state index in [1.165, 1.54) is 30.0 Å². The average molecular weight is 408 g/mol. The first-order valence-electron chi connectivity index (χ1n) is 9.30. The molecule has 1 aromatic carbocycles. The minimum atomic E-state index is -0.464. The number of benzene rings is 1. The first-order valence-corrected chi connectivity index (χ1v) is 9.30. The zero-order valence-corrected chi connectivity index (χ0v) is 17.4. The summed E-state index contributed by atoms with van der Waals surface area (Å²) in [6.07, 6.45) is 5.65. The maximum absolute atomic E-state index is 12.3. The Balaban J connectivity index is 1.71. The van der Waals surface area contributed by atoms with Gasteiger partial charge in [0.05, 0.1) is 18.3 Å². The Kier molecular flexibility index (Phi) is 6.01. The van der Waals surface area contributed by atoms with Gasteiger partial charge in [-0.15, -0.1) is 0 Å². The molecule has 0 saturated heterocycles. The molecule has 9 nitrogen and oxygen atoms in total. The molecular weight excluding hydrogens is 384 g/mol. The highest BCUT2D eigenvalue weighted by atomic mass is 16.2. The van der Waals surface area contributed by atoms with Crippen LogP contribution in [0.1, 0.15) is 11.1 Å². The lowest BCUT2D eigenvalue weighted by Gasteiger charge is -2.13. The van der Waals surface area contributed by atoms with E-state index >= 15 is 0 Å². The van der Waals surface area contributed by atoms with E-state index in [0.29, 0.717) is 12.4 Å². The summed E-state index contributed by atoms with van der Waals surface area (Å²) in [6, 6.07) is 9.77. The standard InChI is InChI=1S/C21H24N6O3/c1-24(2)17-8-5-15(6-9-17)13-27-18(11-12-22-27)23-19(28)10-7-16-14-25(3)21(30)26(4)20(16)29/h5-12,14H,13H2,1-4H3,(H,23,28)/b10-7+. The van der Waals surface area contributed by atoms with Gasteiger partial charge in [-0.05, 0) is 23.8 Å². The third kappa shape index (κ3) is 4.57. The number of carbonyl (C=O) groups is 1. The first-order chi connectivity index (χ1) is 14.3. The van der Waals surface area contributed by atoms with Gasteiger partial charge in [0, 0.05) is 52.2 Å². The number of anilines is 2. The summed E-state index contributed by atoms with van der Waals surface area (Å²) in [5.74, 6) is 0.130. The molecule has 9 heteroatoms. The van der Waals surface area contributed by atoms with Gasteiger partial charge in [0.15, 0.2) is 0 Å². The monoisotopic (exact) mass is 408 g/mol. The third-order valence-corrected chi connectivity index (χ3v) is 4.64. The second kappa shape index (κ2) is 8.64. The summed E-state index contributed by atoms with van der Waals surface area (Å²) in [5, 5.41) is 7.02. The van der Waals surface area contributed by atoms with Crippen LogP contribution in [-0.2, 0) is 25.4 Å². The van der Waals surface area contributed by atoms with Crippen molar-refractivity contribution < 1.29 is 4.79 Å². The van der Waals surface area contributed by atoms with Crippen LogP contribution >= 0.6 is 0 Å². The molecule has 156 valence electrons. The Morgan fingerprint density at radius 1 is 1.13 bits per heavy atom. The summed E-state index contributed by atoms with van der Waals surface area (Å²) in [6.45, 7) is 0.501. The lowest BCUT2D eigenvalue weighted by Crippen LogP contribution is -2.37. The van der Waals surface area contributed by atoms with Gasteiger partial charge in [-0.3, -0.25) is 14.2 Å². The summed E-state index contributed by atoms with van der Waals surface area (Å²) in [4.78, 5) is 38.2. The van der Waals surface area contributed by atoms with Crippen molar-refractivity contribution >= 4 is 23.5 Å². The van der Waals surface area contributed by atoms with E-state index in [4.69, 9.17) is 0 Å². The Hall–Kier alpha value is -3.88. The number of hydrogen-bond acceptors (Lipinski definition) is 5. The molecule has 3 aromatic rings. The summed E-state index contributed by atoms with van der Waals surface area (Å²) >= 11 is 0. The highest BCUT2D eigenvalue weighted by Gasteiger charge is 2.08. The molecule has 0 radical (unpaired) electrons. The number of aromatic nitrogens is 4. The molecule has 30 heavy (non-hydrogen) atoms. The van der Waals surface area contributed by atoms with E-state index in [1.807, 2.05) is 43.3 Å². The van der Waals surface area contributed by atoms with E-state index in [1.54, 1.807) is 24.0 Å². The van der Waals surface area contributed by atoms with Gasteiger partial charge in [-0.25, -0.2) is 9.48 Å². The smallest absolute Gasteiger partial charge is 0.330 e. The van der Waals surface area contributed by atoms with Gasteiger partial charge < -0.3 is 14.8 Å². The van der Waals surface area contributed by atoms with Crippen LogP contribution in [0.4, 0.5) is 11.5 Å². The fourth-order valence-corrected chi connectivity index (χ4v) is 2.92. The number of nitrogens with zero attached hydrogens (tertiary/aromatic N) is 5. The van der Waals surface area contributed by atoms with Gasteiger partial charge in [0.2, 0.25) is 5.91 Å². The molecule has 1 amide bonds. The molecule has 0 aliphatic rings. The number of carbonyl (C=O) groups excluding carboxylic acids is 1. The highest BCUT2D eigenvalue weighted by Crippen LogP contribution is 2.15. The van der Waals surface area contributed by atoms with Crippen molar-refractivity contribution in [2.45, 2.75) is 6.54 Å². The van der Waals surface area contributed by atoms with Crippen LogP contribution in [0.2, 0.25) is 0 Å². The molecule has 2 heterocycles. The van der Waals surface area contributed by atoms with Gasteiger partial charge >= 0.3 is 5.69 Å². The lowest BCUT2D eigenvalue weighted by molar-refractivity contribution is -0.111. The first kappa shape index (κ1) is 20.8. The van der Waals surface area contributed by atoms with E-state index in [-0.39, 0.29) is 5.56 Å². The summed E-state index contributed by atoms with van der Waals surface area (Å²) in [5.41, 5.74) is 1.49. The maximum atomic E-state index is 12.3. The zero-order valence-electron chi connectivity index (χ0n) is 17.4. The molecule has 1 N–H and O–H groups in total. The van der Waals surface area contributed by atoms with Gasteiger partial charge in [0.1, 0.15) is 5.82 Å². The van der Waals surface area contributed by atoms with Crippen molar-refractivity contribution in [1.29, 1.82) is 0 Å². The van der Waals surface area contributed by atoms with E-state index in [2.05, 4.69) is 10.4 Å². The van der Waals surface area contributed by atoms with E-state index in [0.717, 1.165) is 15.8 Å². The molecule has 0 spiro atoms. The van der Waals surface area contributed by atoms with Crippen LogP contribution in [0, 0.1) is 0 Å². The Morgan fingerprint density at radius 2 is 1.83 bits per heavy atom. The Bertz CT molecular complexity index is 1200. The number of rotatable bonds is 6. The van der Waals surface area contributed by atoms with Crippen LogP contribution in [0.15, 0.2) is 58.4 Å². The van der Waals surface area contributed by atoms with E-state index < -0.39 is 17.2 Å². The molecule has 0 bridgehead atoms. The van der Waals surface area contributed by atoms with Crippen molar-refractivity contribution in [1.82, 2.24) is 18.9 Å². The van der Waals surface area contributed by atoms with Gasteiger partial charge in [-0.2, -0.15) is 5.10 Å². The number of aryl methyl sites for hydroxylation is 1. The largest absolute Gasteiger partial charge is 0.378 e. The van der Waals surface area contributed by atoms with Crippen molar-refractivity contribution in [3.05, 3.63) is 80.8 Å². The lowest BCUT2D eigenvalue weighted by atomic mass is 10.2. The topological polar surface area (TPSA) is 94.2 Å². The highest BCUT2D eigenvalue weighted by molar-refractivity contribution is 6.01. The molecule has 0 atom stereocenters. The second-order valence-electron chi connectivity index (χ2n) is 7.10. The minimum Gasteiger partial charge on any atom is -0.378 e. The number of amides is 1.